The molecule has 0 fully saturated rings. The van der Waals surface area contributed by atoms with E-state index in [0.29, 0.717) is 17.0 Å². The van der Waals surface area contributed by atoms with Crippen LogP contribution in [0.3, 0.4) is 0 Å². The van der Waals surface area contributed by atoms with Crippen molar-refractivity contribution in [2.24, 2.45) is 0 Å². The molecule has 0 N–H and O–H groups in total. The van der Waals surface area contributed by atoms with Crippen LogP contribution in [0.4, 0.5) is 0 Å². The van der Waals surface area contributed by atoms with Gasteiger partial charge >= 0.3 is 0 Å². The van der Waals surface area contributed by atoms with Gasteiger partial charge < -0.3 is 0 Å². The van der Waals surface area contributed by atoms with Gasteiger partial charge in [-0.15, -0.1) is 0 Å². The molecular weight excluding hydrogens is 246 g/mol. The first kappa shape index (κ1) is 12.8. The first-order chi connectivity index (χ1) is 8.56. The minimum atomic E-state index is 0.0388. The zero-order valence-corrected chi connectivity index (χ0v) is 11.2. The maximum absolute atomic E-state index is 12.1. The molecule has 2 nitrogen and oxygen atoms in total. The first-order valence-corrected chi connectivity index (χ1v) is 6.14. The van der Waals surface area contributed by atoms with E-state index in [1.54, 1.807) is 12.4 Å². The van der Waals surface area contributed by atoms with Gasteiger partial charge in [-0.3, -0.25) is 9.78 Å². The number of ketones is 1. The van der Waals surface area contributed by atoms with E-state index < -0.39 is 0 Å². The van der Waals surface area contributed by atoms with Crippen molar-refractivity contribution in [3.8, 4) is 0 Å². The maximum atomic E-state index is 12.1. The minimum Gasteiger partial charge on any atom is -0.294 e. The van der Waals surface area contributed by atoms with Crippen LogP contribution in [-0.2, 0) is 6.42 Å². The molecule has 0 saturated heterocycles. The van der Waals surface area contributed by atoms with Crippen LogP contribution in [0.25, 0.3) is 0 Å². The summed E-state index contributed by atoms with van der Waals surface area (Å²) >= 11 is 6.12. The molecule has 0 spiro atoms. The van der Waals surface area contributed by atoms with Crippen LogP contribution in [0.2, 0.25) is 5.02 Å². The average Bonchev–Trinajstić information content (AvgIpc) is 2.32. The summed E-state index contributed by atoms with van der Waals surface area (Å²) < 4.78 is 0. The van der Waals surface area contributed by atoms with Crippen LogP contribution >= 0.6 is 11.6 Å². The van der Waals surface area contributed by atoms with Crippen molar-refractivity contribution in [2.45, 2.75) is 20.3 Å². The number of halogens is 1. The van der Waals surface area contributed by atoms with Crippen molar-refractivity contribution >= 4 is 17.4 Å². The van der Waals surface area contributed by atoms with Gasteiger partial charge in [0.15, 0.2) is 5.78 Å². The third-order valence-corrected chi connectivity index (χ3v) is 3.11. The predicted molar refractivity (Wildman–Crippen MR) is 73.2 cm³/mol. The summed E-state index contributed by atoms with van der Waals surface area (Å²) in [6.07, 6.45) is 3.64. The van der Waals surface area contributed by atoms with Crippen molar-refractivity contribution in [3.63, 3.8) is 0 Å². The number of hydrogen-bond donors (Lipinski definition) is 0. The molecule has 2 rings (SSSR count). The third kappa shape index (κ3) is 2.96. The molecule has 1 heterocycles. The number of hydrogen-bond acceptors (Lipinski definition) is 2. The molecule has 0 atom stereocenters. The number of rotatable bonds is 3. The molecule has 0 amide bonds. The van der Waals surface area contributed by atoms with E-state index in [4.69, 9.17) is 11.6 Å². The highest BCUT2D eigenvalue weighted by atomic mass is 35.5. The number of carbonyl (C=O) groups is 1. The van der Waals surface area contributed by atoms with Crippen molar-refractivity contribution in [1.29, 1.82) is 0 Å². The van der Waals surface area contributed by atoms with Crippen molar-refractivity contribution in [3.05, 3.63) is 63.9 Å². The number of carbonyl (C=O) groups excluding carboxylic acids is 1. The van der Waals surface area contributed by atoms with Crippen LogP contribution in [0.1, 0.15) is 27.0 Å². The van der Waals surface area contributed by atoms with Gasteiger partial charge in [-0.1, -0.05) is 23.7 Å². The zero-order chi connectivity index (χ0) is 13.1. The van der Waals surface area contributed by atoms with E-state index in [1.165, 1.54) is 0 Å². The minimum absolute atomic E-state index is 0.0388. The number of aromatic nitrogens is 1. The second-order valence-corrected chi connectivity index (χ2v) is 4.85. The molecule has 0 aliphatic carbocycles. The highest BCUT2D eigenvalue weighted by Gasteiger charge is 2.10. The number of aryl methyl sites for hydroxylation is 2. The zero-order valence-electron chi connectivity index (χ0n) is 10.4. The largest absolute Gasteiger partial charge is 0.294 e. The SMILES string of the molecule is Cc1cncc(C(=O)Cc2ccc(C)cc2Cl)c1. The number of nitrogens with zero attached hydrogens (tertiary/aromatic N) is 1. The molecule has 0 unspecified atom stereocenters. The molecule has 0 saturated carbocycles. The number of benzene rings is 1. The molecule has 0 aliphatic heterocycles. The predicted octanol–water partition coefficient (Wildman–Crippen LogP) is 3.78. The van der Waals surface area contributed by atoms with Gasteiger partial charge in [-0.2, -0.15) is 0 Å². The van der Waals surface area contributed by atoms with Gasteiger partial charge in [-0.25, -0.2) is 0 Å². The smallest absolute Gasteiger partial charge is 0.168 e. The Bertz CT molecular complexity index is 593. The lowest BCUT2D eigenvalue weighted by Crippen LogP contribution is -2.05. The van der Waals surface area contributed by atoms with E-state index in [0.717, 1.165) is 16.7 Å². The van der Waals surface area contributed by atoms with Crippen molar-refractivity contribution < 1.29 is 4.79 Å². The fourth-order valence-electron chi connectivity index (χ4n) is 1.78. The van der Waals surface area contributed by atoms with Crippen molar-refractivity contribution in [1.82, 2.24) is 4.98 Å². The van der Waals surface area contributed by atoms with Gasteiger partial charge in [0.2, 0.25) is 0 Å². The molecule has 18 heavy (non-hydrogen) atoms. The van der Waals surface area contributed by atoms with Gasteiger partial charge in [0.1, 0.15) is 0 Å². The van der Waals surface area contributed by atoms with Gasteiger partial charge in [-0.05, 0) is 42.7 Å². The van der Waals surface area contributed by atoms with E-state index >= 15 is 0 Å². The Morgan fingerprint density at radius 2 is 1.94 bits per heavy atom. The van der Waals surface area contributed by atoms with Gasteiger partial charge in [0.05, 0.1) is 0 Å². The van der Waals surface area contributed by atoms with Crippen LogP contribution in [-0.4, -0.2) is 10.8 Å². The molecule has 2 aromatic rings. The summed E-state index contributed by atoms with van der Waals surface area (Å²) in [6.45, 7) is 3.89. The van der Waals surface area contributed by atoms with Crippen LogP contribution in [0.15, 0.2) is 36.7 Å². The van der Waals surface area contributed by atoms with E-state index in [9.17, 15) is 4.79 Å². The topological polar surface area (TPSA) is 30.0 Å². The summed E-state index contributed by atoms with van der Waals surface area (Å²) in [5, 5.41) is 0.643. The van der Waals surface area contributed by atoms with Crippen LogP contribution in [0.5, 0.6) is 0 Å². The Kier molecular flexibility index (Phi) is 3.78. The lowest BCUT2D eigenvalue weighted by molar-refractivity contribution is 0.0992. The first-order valence-electron chi connectivity index (χ1n) is 5.76. The second kappa shape index (κ2) is 5.32. The summed E-state index contributed by atoms with van der Waals surface area (Å²) in [6, 6.07) is 7.58. The Morgan fingerprint density at radius 3 is 2.61 bits per heavy atom. The Morgan fingerprint density at radius 1 is 1.17 bits per heavy atom. The fraction of sp³-hybridized carbons (Fsp3) is 0.200. The average molecular weight is 260 g/mol. The Labute approximate surface area is 112 Å². The molecular formula is C15H14ClNO. The van der Waals surface area contributed by atoms with E-state index in [-0.39, 0.29) is 5.78 Å². The maximum Gasteiger partial charge on any atom is 0.168 e. The van der Waals surface area contributed by atoms with Crippen molar-refractivity contribution in [2.75, 3.05) is 0 Å². The number of pyridine rings is 1. The molecule has 0 aliphatic rings. The molecule has 1 aromatic carbocycles. The standard InChI is InChI=1S/C15H14ClNO/c1-10-3-4-12(14(16)6-10)7-15(18)13-5-11(2)8-17-9-13/h3-6,8-9H,7H2,1-2H3. The monoisotopic (exact) mass is 259 g/mol. The molecule has 3 heteroatoms. The molecule has 1 aromatic heterocycles. The van der Waals surface area contributed by atoms with Gasteiger partial charge in [0.25, 0.3) is 0 Å². The highest BCUT2D eigenvalue weighted by molar-refractivity contribution is 6.31. The van der Waals surface area contributed by atoms with Crippen LogP contribution in [0, 0.1) is 13.8 Å². The quantitative estimate of drug-likeness (QED) is 0.786. The number of Topliss-reactive ketones (excluding diaryl/α,β-unsaturated/α-hetero) is 1. The summed E-state index contributed by atoms with van der Waals surface area (Å²) in [4.78, 5) is 16.1. The highest BCUT2D eigenvalue weighted by Crippen LogP contribution is 2.19. The van der Waals surface area contributed by atoms with E-state index in [2.05, 4.69) is 4.98 Å². The molecule has 0 bridgehead atoms. The second-order valence-electron chi connectivity index (χ2n) is 4.45. The lowest BCUT2D eigenvalue weighted by Gasteiger charge is -2.05. The third-order valence-electron chi connectivity index (χ3n) is 2.76. The molecule has 0 radical (unpaired) electrons. The fourth-order valence-corrected chi connectivity index (χ4v) is 2.08. The summed E-state index contributed by atoms with van der Waals surface area (Å²) in [5.74, 6) is 0.0388. The summed E-state index contributed by atoms with van der Waals surface area (Å²) in [5.41, 5.74) is 3.56. The Balaban J connectivity index is 2.21. The lowest BCUT2D eigenvalue weighted by atomic mass is 10.0. The van der Waals surface area contributed by atoms with Crippen LogP contribution < -0.4 is 0 Å². The molecule has 92 valence electrons. The Hall–Kier alpha value is -1.67. The summed E-state index contributed by atoms with van der Waals surface area (Å²) in [7, 11) is 0. The van der Waals surface area contributed by atoms with Gasteiger partial charge in [0, 0.05) is 29.4 Å². The normalized spacial score (nSPS) is 10.4. The van der Waals surface area contributed by atoms with E-state index in [1.807, 2.05) is 38.1 Å².